The van der Waals surface area contributed by atoms with Gasteiger partial charge in [-0.1, -0.05) is 0 Å². The molecule has 0 aromatic heterocycles. The second kappa shape index (κ2) is 5.18. The molecule has 0 spiro atoms. The van der Waals surface area contributed by atoms with Gasteiger partial charge in [-0.3, -0.25) is 4.79 Å². The molecule has 1 amide bonds. The molecule has 6 nitrogen and oxygen atoms in total. The van der Waals surface area contributed by atoms with E-state index in [1.165, 1.54) is 0 Å². The van der Waals surface area contributed by atoms with Crippen LogP contribution < -0.4 is 10.6 Å². The van der Waals surface area contributed by atoms with Crippen molar-refractivity contribution in [2.75, 3.05) is 13.1 Å². The Balaban J connectivity index is 2.37. The number of hydrogen-bond acceptors (Lipinski definition) is 4. The summed E-state index contributed by atoms with van der Waals surface area (Å²) in [5.74, 6) is -0.301. The molecule has 1 heterocycles. The number of nitrogens with one attached hydrogen (secondary N) is 2. The molecule has 0 aliphatic carbocycles. The summed E-state index contributed by atoms with van der Waals surface area (Å²) in [6.07, 6.45) is 0.919. The van der Waals surface area contributed by atoms with Crippen LogP contribution in [0.2, 0.25) is 0 Å². The predicted octanol–water partition coefficient (Wildman–Crippen LogP) is -1.75. The van der Waals surface area contributed by atoms with Gasteiger partial charge in [0.15, 0.2) is 11.1 Å². The standard InChI is InChI=1S/C7H12N2O4S/c10-2-1-8-7(11)6-3-5(4-9-6)14(12)13/h2,5-6,9H,1,3-4H2,(H,8,11)(H,12,13). The van der Waals surface area contributed by atoms with Crippen molar-refractivity contribution < 1.29 is 18.4 Å². The number of carbonyl (C=O) groups excluding carboxylic acids is 2. The molecular formula is C7H12N2O4S. The van der Waals surface area contributed by atoms with E-state index in [4.69, 9.17) is 4.55 Å². The fourth-order valence-electron chi connectivity index (χ4n) is 1.32. The van der Waals surface area contributed by atoms with Crippen LogP contribution in [-0.2, 0) is 20.7 Å². The van der Waals surface area contributed by atoms with Gasteiger partial charge >= 0.3 is 0 Å². The third-order valence-corrected chi connectivity index (χ3v) is 2.98. The van der Waals surface area contributed by atoms with Gasteiger partial charge < -0.3 is 20.0 Å². The molecule has 0 saturated carbocycles. The Hall–Kier alpha value is -0.790. The SMILES string of the molecule is O=CCNC(=O)C1CC(S(=O)O)CN1. The van der Waals surface area contributed by atoms with Crippen molar-refractivity contribution in [2.45, 2.75) is 17.7 Å². The smallest absolute Gasteiger partial charge is 0.237 e. The summed E-state index contributed by atoms with van der Waals surface area (Å²) in [5, 5.41) is 4.80. The van der Waals surface area contributed by atoms with E-state index < -0.39 is 22.4 Å². The lowest BCUT2D eigenvalue weighted by Gasteiger charge is -2.08. The Morgan fingerprint density at radius 2 is 2.43 bits per heavy atom. The van der Waals surface area contributed by atoms with Crippen LogP contribution in [0.5, 0.6) is 0 Å². The fourth-order valence-corrected chi connectivity index (χ4v) is 1.92. The molecule has 1 fully saturated rings. The highest BCUT2D eigenvalue weighted by Crippen LogP contribution is 2.11. The van der Waals surface area contributed by atoms with E-state index in [0.29, 0.717) is 19.3 Å². The molecule has 14 heavy (non-hydrogen) atoms. The van der Waals surface area contributed by atoms with Crippen LogP contribution in [0.1, 0.15) is 6.42 Å². The van der Waals surface area contributed by atoms with Gasteiger partial charge in [0.1, 0.15) is 6.29 Å². The molecule has 80 valence electrons. The summed E-state index contributed by atoms with van der Waals surface area (Å²) >= 11 is -1.90. The summed E-state index contributed by atoms with van der Waals surface area (Å²) < 4.78 is 19.4. The van der Waals surface area contributed by atoms with Crippen molar-refractivity contribution in [1.82, 2.24) is 10.6 Å². The largest absolute Gasteiger partial charge is 0.348 e. The highest BCUT2D eigenvalue weighted by Gasteiger charge is 2.32. The van der Waals surface area contributed by atoms with E-state index >= 15 is 0 Å². The van der Waals surface area contributed by atoms with Gasteiger partial charge in [0.05, 0.1) is 17.8 Å². The monoisotopic (exact) mass is 220 g/mol. The first-order chi connectivity index (χ1) is 6.65. The molecule has 0 aromatic rings. The maximum absolute atomic E-state index is 11.3. The molecule has 0 radical (unpaired) electrons. The summed E-state index contributed by atoms with van der Waals surface area (Å²) in [4.78, 5) is 21.2. The van der Waals surface area contributed by atoms with Gasteiger partial charge in [0.25, 0.3) is 0 Å². The minimum absolute atomic E-state index is 0.0239. The number of rotatable bonds is 4. The van der Waals surface area contributed by atoms with E-state index in [0.717, 1.165) is 0 Å². The van der Waals surface area contributed by atoms with Crippen molar-refractivity contribution in [1.29, 1.82) is 0 Å². The first kappa shape index (κ1) is 11.3. The van der Waals surface area contributed by atoms with Crippen LogP contribution in [0.25, 0.3) is 0 Å². The summed E-state index contributed by atoms with van der Waals surface area (Å²) in [6.45, 7) is 0.326. The lowest BCUT2D eigenvalue weighted by atomic mass is 10.2. The Kier molecular flexibility index (Phi) is 4.18. The van der Waals surface area contributed by atoms with Gasteiger partial charge in [-0.15, -0.1) is 0 Å². The molecule has 0 aromatic carbocycles. The first-order valence-corrected chi connectivity index (χ1v) is 5.36. The van der Waals surface area contributed by atoms with Crippen molar-refractivity contribution >= 4 is 23.3 Å². The molecule has 1 aliphatic heterocycles. The van der Waals surface area contributed by atoms with Gasteiger partial charge in [0.2, 0.25) is 5.91 Å². The van der Waals surface area contributed by atoms with Crippen LogP contribution in [0.4, 0.5) is 0 Å². The molecule has 3 atom stereocenters. The molecule has 1 rings (SSSR count). The third kappa shape index (κ3) is 2.86. The summed E-state index contributed by atoms with van der Waals surface area (Å²) in [7, 11) is 0. The molecular weight excluding hydrogens is 208 g/mol. The topological polar surface area (TPSA) is 95.5 Å². The molecule has 1 aliphatic rings. The number of carbonyl (C=O) groups is 2. The summed E-state index contributed by atoms with van der Waals surface area (Å²) in [5.41, 5.74) is 0. The average molecular weight is 220 g/mol. The maximum atomic E-state index is 11.3. The minimum Gasteiger partial charge on any atom is -0.348 e. The second-order valence-electron chi connectivity index (χ2n) is 3.01. The Labute approximate surface area is 83.7 Å². The van der Waals surface area contributed by atoms with Gasteiger partial charge in [-0.25, -0.2) is 4.21 Å². The van der Waals surface area contributed by atoms with Crippen LogP contribution in [0, 0.1) is 0 Å². The maximum Gasteiger partial charge on any atom is 0.237 e. The van der Waals surface area contributed by atoms with Crippen molar-refractivity contribution in [3.05, 3.63) is 0 Å². The zero-order valence-corrected chi connectivity index (χ0v) is 8.25. The van der Waals surface area contributed by atoms with Crippen molar-refractivity contribution in [3.8, 4) is 0 Å². The van der Waals surface area contributed by atoms with E-state index in [1.54, 1.807) is 0 Å². The first-order valence-electron chi connectivity index (χ1n) is 4.19. The Morgan fingerprint density at radius 1 is 1.71 bits per heavy atom. The highest BCUT2D eigenvalue weighted by molar-refractivity contribution is 7.79. The predicted molar refractivity (Wildman–Crippen MR) is 50.0 cm³/mol. The van der Waals surface area contributed by atoms with Gasteiger partial charge in [0, 0.05) is 6.54 Å². The van der Waals surface area contributed by atoms with Crippen LogP contribution >= 0.6 is 0 Å². The Morgan fingerprint density at radius 3 is 2.93 bits per heavy atom. The second-order valence-corrected chi connectivity index (χ2v) is 4.23. The minimum atomic E-state index is -1.90. The summed E-state index contributed by atoms with van der Waals surface area (Å²) in [6, 6.07) is -0.462. The molecule has 3 N–H and O–H groups in total. The zero-order chi connectivity index (χ0) is 10.6. The quantitative estimate of drug-likeness (QED) is 0.386. The van der Waals surface area contributed by atoms with E-state index in [9.17, 15) is 13.8 Å². The van der Waals surface area contributed by atoms with E-state index in [2.05, 4.69) is 10.6 Å². The van der Waals surface area contributed by atoms with Crippen LogP contribution in [-0.4, -0.2) is 45.3 Å². The third-order valence-electron chi connectivity index (χ3n) is 2.05. The average Bonchev–Trinajstić information content (AvgIpc) is 2.62. The highest BCUT2D eigenvalue weighted by atomic mass is 32.2. The molecule has 7 heteroatoms. The normalized spacial score (nSPS) is 28.4. The number of aldehydes is 1. The van der Waals surface area contributed by atoms with Crippen LogP contribution in [0.15, 0.2) is 0 Å². The number of amides is 1. The van der Waals surface area contributed by atoms with E-state index in [-0.39, 0.29) is 12.5 Å². The lowest BCUT2D eigenvalue weighted by Crippen LogP contribution is -2.41. The molecule has 1 saturated heterocycles. The lowest BCUT2D eigenvalue weighted by molar-refractivity contribution is -0.124. The van der Waals surface area contributed by atoms with Gasteiger partial charge in [-0.05, 0) is 6.42 Å². The van der Waals surface area contributed by atoms with Crippen molar-refractivity contribution in [2.24, 2.45) is 0 Å². The zero-order valence-electron chi connectivity index (χ0n) is 7.43. The molecule has 3 unspecified atom stereocenters. The fraction of sp³-hybridized carbons (Fsp3) is 0.714. The molecule has 0 bridgehead atoms. The van der Waals surface area contributed by atoms with Gasteiger partial charge in [-0.2, -0.15) is 0 Å². The Bertz CT molecular complexity index is 258. The van der Waals surface area contributed by atoms with Crippen molar-refractivity contribution in [3.63, 3.8) is 0 Å². The number of hydrogen-bond donors (Lipinski definition) is 3. The van der Waals surface area contributed by atoms with Crippen LogP contribution in [0.3, 0.4) is 0 Å². The van der Waals surface area contributed by atoms with E-state index in [1.807, 2.05) is 0 Å².